The van der Waals surface area contributed by atoms with E-state index >= 15 is 0 Å². The van der Waals surface area contributed by atoms with E-state index in [1.807, 2.05) is 19.2 Å². The molecule has 2 rings (SSSR count). The summed E-state index contributed by atoms with van der Waals surface area (Å²) >= 11 is 0. The number of halogens is 1. The van der Waals surface area contributed by atoms with Crippen LogP contribution in [0.4, 0.5) is 4.39 Å². The third-order valence-corrected chi connectivity index (χ3v) is 4.96. The molecule has 0 aliphatic carbocycles. The zero-order valence-electron chi connectivity index (χ0n) is 18.4. The molecule has 166 valence electrons. The Morgan fingerprint density at radius 2 is 1.97 bits per heavy atom. The number of carbonyl (C=O) groups is 1. The fourth-order valence-corrected chi connectivity index (χ4v) is 3.25. The molecule has 0 amide bonds. The number of carbonyl (C=O) groups excluding carboxylic acids is 1. The number of aromatic nitrogens is 1. The van der Waals surface area contributed by atoms with E-state index in [1.165, 1.54) is 12.1 Å². The topological polar surface area (TPSA) is 54.7 Å². The highest BCUT2D eigenvalue weighted by Crippen LogP contribution is 2.13. The van der Waals surface area contributed by atoms with E-state index in [-0.39, 0.29) is 18.4 Å². The summed E-state index contributed by atoms with van der Waals surface area (Å²) in [6.45, 7) is 8.93. The molecular weight excluding hydrogens is 383 g/mol. The van der Waals surface area contributed by atoms with E-state index < -0.39 is 6.10 Å². The number of aliphatic hydroxyl groups excluding tert-OH is 1. The van der Waals surface area contributed by atoms with E-state index in [0.29, 0.717) is 32.0 Å². The van der Waals surface area contributed by atoms with Gasteiger partial charge in [-0.15, -0.1) is 0 Å². The zero-order valence-corrected chi connectivity index (χ0v) is 18.4. The highest BCUT2D eigenvalue weighted by molar-refractivity contribution is 5.69. The Hall–Kier alpha value is -2.18. The molecule has 0 saturated carbocycles. The van der Waals surface area contributed by atoms with Crippen molar-refractivity contribution in [3.05, 3.63) is 59.7 Å². The Bertz CT molecular complexity index is 758. The van der Waals surface area contributed by atoms with E-state index in [9.17, 15) is 14.3 Å². The lowest BCUT2D eigenvalue weighted by atomic mass is 10.1. The molecule has 1 aromatic carbocycles. The van der Waals surface area contributed by atoms with E-state index in [0.717, 1.165) is 30.6 Å². The molecule has 0 spiro atoms. The molecule has 30 heavy (non-hydrogen) atoms. The average molecular weight is 419 g/mol. The number of aliphatic hydroxyl groups is 1. The monoisotopic (exact) mass is 418 g/mol. The lowest BCUT2D eigenvalue weighted by Gasteiger charge is -2.26. The van der Waals surface area contributed by atoms with Crippen molar-refractivity contribution in [3.8, 4) is 0 Å². The number of benzene rings is 1. The largest absolute Gasteiger partial charge is 0.463 e. The number of rotatable bonds is 13. The van der Waals surface area contributed by atoms with Gasteiger partial charge in [0.1, 0.15) is 18.5 Å². The van der Waals surface area contributed by atoms with Crippen molar-refractivity contribution in [3.63, 3.8) is 0 Å². The van der Waals surface area contributed by atoms with Gasteiger partial charge in [-0.25, -0.2) is 4.39 Å². The van der Waals surface area contributed by atoms with Crippen molar-refractivity contribution in [1.82, 2.24) is 9.47 Å². The van der Waals surface area contributed by atoms with Crippen molar-refractivity contribution in [2.75, 3.05) is 19.7 Å². The van der Waals surface area contributed by atoms with E-state index in [1.54, 1.807) is 12.1 Å². The maximum atomic E-state index is 13.2. The minimum Gasteiger partial charge on any atom is -0.463 e. The van der Waals surface area contributed by atoms with Crippen LogP contribution in [0.3, 0.4) is 0 Å². The van der Waals surface area contributed by atoms with Crippen LogP contribution in [0.1, 0.15) is 51.3 Å². The first-order valence-corrected chi connectivity index (χ1v) is 10.8. The zero-order chi connectivity index (χ0) is 21.9. The molecular formula is C24H35FN2O3. The molecule has 1 N–H and O–H groups in total. The number of hydrogen-bond acceptors (Lipinski definition) is 4. The molecule has 0 aliphatic heterocycles. The van der Waals surface area contributed by atoms with Gasteiger partial charge in [0, 0.05) is 37.9 Å². The Morgan fingerprint density at radius 1 is 1.23 bits per heavy atom. The Kier molecular flexibility index (Phi) is 10.0. The van der Waals surface area contributed by atoms with Crippen LogP contribution in [0.2, 0.25) is 0 Å². The Labute approximate surface area is 179 Å². The highest BCUT2D eigenvalue weighted by Gasteiger charge is 2.16. The van der Waals surface area contributed by atoms with Crippen LogP contribution in [0, 0.1) is 11.7 Å². The summed E-state index contributed by atoms with van der Waals surface area (Å²) < 4.78 is 20.5. The van der Waals surface area contributed by atoms with Gasteiger partial charge in [0.25, 0.3) is 0 Å². The smallest absolute Gasteiger partial charge is 0.305 e. The van der Waals surface area contributed by atoms with Gasteiger partial charge in [-0.3, -0.25) is 9.69 Å². The van der Waals surface area contributed by atoms with Gasteiger partial charge in [0.2, 0.25) is 0 Å². The molecule has 2 aromatic rings. The number of ether oxygens (including phenoxy) is 1. The van der Waals surface area contributed by atoms with Gasteiger partial charge in [0.15, 0.2) is 0 Å². The first kappa shape index (κ1) is 24.1. The van der Waals surface area contributed by atoms with Crippen molar-refractivity contribution < 1.29 is 19.0 Å². The summed E-state index contributed by atoms with van der Waals surface area (Å²) in [5, 5.41) is 10.4. The fourth-order valence-electron chi connectivity index (χ4n) is 3.25. The second-order valence-corrected chi connectivity index (χ2v) is 8.26. The van der Waals surface area contributed by atoms with Crippen molar-refractivity contribution in [2.45, 2.75) is 59.2 Å². The van der Waals surface area contributed by atoms with Gasteiger partial charge in [-0.1, -0.05) is 32.9 Å². The van der Waals surface area contributed by atoms with Gasteiger partial charge in [0.05, 0.1) is 0 Å². The van der Waals surface area contributed by atoms with E-state index in [2.05, 4.69) is 29.4 Å². The number of nitrogens with zero attached hydrogens (tertiary/aromatic N) is 2. The van der Waals surface area contributed by atoms with Crippen LogP contribution >= 0.6 is 0 Å². The third kappa shape index (κ3) is 8.67. The summed E-state index contributed by atoms with van der Waals surface area (Å²) in [5.41, 5.74) is 2.16. The molecule has 6 heteroatoms. The molecule has 1 atom stereocenters. The minimum atomic E-state index is -0.724. The van der Waals surface area contributed by atoms with Gasteiger partial charge >= 0.3 is 5.97 Å². The van der Waals surface area contributed by atoms with Crippen molar-refractivity contribution in [1.29, 1.82) is 0 Å². The predicted octanol–water partition coefficient (Wildman–Crippen LogP) is 4.23. The molecule has 1 heterocycles. The van der Waals surface area contributed by atoms with Gasteiger partial charge in [-0.2, -0.15) is 0 Å². The molecule has 0 aliphatic rings. The third-order valence-electron chi connectivity index (χ3n) is 4.96. The van der Waals surface area contributed by atoms with Gasteiger partial charge < -0.3 is 14.4 Å². The number of hydrogen-bond donors (Lipinski definition) is 1. The van der Waals surface area contributed by atoms with Crippen LogP contribution < -0.4 is 0 Å². The van der Waals surface area contributed by atoms with Crippen molar-refractivity contribution in [2.24, 2.45) is 5.92 Å². The summed E-state index contributed by atoms with van der Waals surface area (Å²) in [4.78, 5) is 13.8. The minimum absolute atomic E-state index is 0.0214. The summed E-state index contributed by atoms with van der Waals surface area (Å²) in [6, 6.07) is 10.6. The maximum Gasteiger partial charge on any atom is 0.305 e. The van der Waals surface area contributed by atoms with Gasteiger partial charge in [-0.05, 0) is 55.1 Å². The lowest BCUT2D eigenvalue weighted by molar-refractivity contribution is -0.147. The fraction of sp³-hybridized carbons (Fsp3) is 0.542. The quantitative estimate of drug-likeness (QED) is 0.495. The second kappa shape index (κ2) is 12.5. The van der Waals surface area contributed by atoms with Crippen LogP contribution in [0.5, 0.6) is 0 Å². The Morgan fingerprint density at radius 3 is 2.63 bits per heavy atom. The predicted molar refractivity (Wildman–Crippen MR) is 117 cm³/mol. The van der Waals surface area contributed by atoms with Crippen LogP contribution in [0.25, 0.3) is 0 Å². The molecule has 0 saturated heterocycles. The highest BCUT2D eigenvalue weighted by atomic mass is 19.1. The molecule has 0 radical (unpaired) electrons. The maximum absolute atomic E-state index is 13.2. The summed E-state index contributed by atoms with van der Waals surface area (Å²) in [7, 11) is 0. The summed E-state index contributed by atoms with van der Waals surface area (Å²) in [6.07, 6.45) is 3.42. The Balaban J connectivity index is 1.99. The van der Waals surface area contributed by atoms with Crippen LogP contribution in [-0.2, 0) is 22.6 Å². The first-order chi connectivity index (χ1) is 14.4. The molecule has 5 nitrogen and oxygen atoms in total. The van der Waals surface area contributed by atoms with Crippen molar-refractivity contribution >= 4 is 5.97 Å². The van der Waals surface area contributed by atoms with Crippen LogP contribution in [-0.4, -0.2) is 46.3 Å². The second-order valence-electron chi connectivity index (χ2n) is 8.26. The lowest BCUT2D eigenvalue weighted by Crippen LogP contribution is -2.36. The number of esters is 1. The average Bonchev–Trinajstić information content (AvgIpc) is 3.13. The normalized spacial score (nSPS) is 12.5. The standard InChI is InChI=1S/C24H35FN2O3/c1-4-6-24(29)30-18-23(28)17-26(14-12-19(2)3)16-22-7-5-13-27(22)15-20-8-10-21(25)11-9-20/h5,7-11,13,19,23,28H,4,6,12,14-18H2,1-3H3. The molecule has 1 aromatic heterocycles. The van der Waals surface area contributed by atoms with E-state index in [4.69, 9.17) is 4.74 Å². The molecule has 1 unspecified atom stereocenters. The summed E-state index contributed by atoms with van der Waals surface area (Å²) in [5.74, 6) is 0.0523. The molecule has 0 fully saturated rings. The SMILES string of the molecule is CCCC(=O)OCC(O)CN(CCC(C)C)Cc1cccn1Cc1ccc(F)cc1. The first-order valence-electron chi connectivity index (χ1n) is 10.8. The van der Waals surface area contributed by atoms with Crippen LogP contribution in [0.15, 0.2) is 42.6 Å². The molecule has 0 bridgehead atoms.